The Hall–Kier alpha value is -1.02. The lowest BCUT2D eigenvalue weighted by molar-refractivity contribution is 0.0698. The zero-order valence-electron chi connectivity index (χ0n) is 16.2. The normalized spacial score (nSPS) is 12.8. The lowest BCUT2D eigenvalue weighted by Crippen LogP contribution is -2.07. The minimum Gasteiger partial charge on any atom is -0.359 e. The van der Waals surface area contributed by atoms with Crippen LogP contribution in [0.1, 0.15) is 13.3 Å². The largest absolute Gasteiger partial charge is 0.359 e. The molecule has 0 amide bonds. The molecule has 0 bridgehead atoms. The molecule has 148 valence electrons. The first-order valence-corrected chi connectivity index (χ1v) is 13.1. The van der Waals surface area contributed by atoms with Crippen LogP contribution >= 0.6 is 37.6 Å². The molecule has 0 N–H and O–H groups in total. The van der Waals surface area contributed by atoms with Gasteiger partial charge < -0.3 is 9.30 Å². The van der Waals surface area contributed by atoms with E-state index in [9.17, 15) is 0 Å². The fourth-order valence-electron chi connectivity index (χ4n) is 3.04. The molecular weight excluding hydrogens is 448 g/mol. The van der Waals surface area contributed by atoms with Crippen molar-refractivity contribution in [3.8, 4) is 11.1 Å². The zero-order valence-corrected chi connectivity index (χ0v) is 19.4. The number of halogens is 2. The summed E-state index contributed by atoms with van der Waals surface area (Å²) < 4.78 is 10.5. The van der Waals surface area contributed by atoms with E-state index in [1.54, 1.807) is 4.68 Å². The third-order valence-corrected chi connectivity index (χ3v) is 6.58. The van der Waals surface area contributed by atoms with Gasteiger partial charge in [-0.15, -0.1) is 0 Å². The van der Waals surface area contributed by atoms with Crippen molar-refractivity contribution in [3.05, 3.63) is 34.4 Å². The van der Waals surface area contributed by atoms with Gasteiger partial charge in [0.2, 0.25) is 0 Å². The summed E-state index contributed by atoms with van der Waals surface area (Å²) >= 11 is 9.92. The van der Waals surface area contributed by atoms with Gasteiger partial charge in [-0.05, 0) is 59.9 Å². The Kier molecular flexibility index (Phi) is 6.56. The van der Waals surface area contributed by atoms with Crippen molar-refractivity contribution in [1.29, 1.82) is 0 Å². The fourth-order valence-corrected chi connectivity index (χ4v) is 4.60. The monoisotopic (exact) mass is 472 g/mol. The molecule has 0 spiro atoms. The molecular formula is C19H26BrClN4OS. The Morgan fingerprint density at radius 1 is 1.22 bits per heavy atom. The van der Waals surface area contributed by atoms with Gasteiger partial charge >= 0.3 is 0 Å². The van der Waals surface area contributed by atoms with Crippen LogP contribution in [0.4, 0.5) is 0 Å². The highest BCUT2D eigenvalue weighted by molar-refractivity contribution is 9.10. The van der Waals surface area contributed by atoms with Crippen molar-refractivity contribution in [1.82, 2.24) is 19.3 Å². The summed E-state index contributed by atoms with van der Waals surface area (Å²) in [6.07, 6.45) is 14.0. The van der Waals surface area contributed by atoms with Crippen molar-refractivity contribution >= 4 is 48.5 Å². The first-order valence-electron chi connectivity index (χ1n) is 8.90. The smallest absolute Gasteiger partial charge is 0.159 e. The fraction of sp³-hybridized carbons (Fsp3) is 0.474. The molecule has 0 saturated carbocycles. The summed E-state index contributed by atoms with van der Waals surface area (Å²) in [5, 5.41) is 6.02. The highest BCUT2D eigenvalue weighted by Crippen LogP contribution is 2.36. The molecule has 5 nitrogen and oxygen atoms in total. The minimum atomic E-state index is -0.467. The summed E-state index contributed by atoms with van der Waals surface area (Å²) in [4.78, 5) is 4.35. The van der Waals surface area contributed by atoms with Gasteiger partial charge in [-0.2, -0.15) is 5.10 Å². The first-order chi connectivity index (χ1) is 12.8. The van der Waals surface area contributed by atoms with Crippen LogP contribution < -0.4 is 0 Å². The van der Waals surface area contributed by atoms with Crippen molar-refractivity contribution in [3.63, 3.8) is 0 Å². The third kappa shape index (κ3) is 5.08. The Balaban J connectivity index is 1.77. The molecule has 0 saturated heterocycles. The molecule has 0 aliphatic carbocycles. The molecule has 27 heavy (non-hydrogen) atoms. The standard InChI is InChI=1S/C19H26BrClN4OS/c1-5-24-11-15(14-9-18(20)22-10-17(14)24)16-12-25(23-19(16)21)13-26-7-6-8-27(2,3)4/h9-12H,5-8,13H2,1-4H3. The quantitative estimate of drug-likeness (QED) is 0.325. The van der Waals surface area contributed by atoms with Gasteiger partial charge in [0.15, 0.2) is 5.15 Å². The van der Waals surface area contributed by atoms with E-state index in [0.717, 1.165) is 46.2 Å². The summed E-state index contributed by atoms with van der Waals surface area (Å²) in [6.45, 7) is 4.13. The van der Waals surface area contributed by atoms with Gasteiger partial charge in [-0.3, -0.25) is 0 Å². The van der Waals surface area contributed by atoms with Crippen molar-refractivity contribution in [2.75, 3.05) is 31.1 Å². The van der Waals surface area contributed by atoms with Crippen molar-refractivity contribution in [2.24, 2.45) is 0 Å². The number of rotatable bonds is 8. The molecule has 0 radical (unpaired) electrons. The van der Waals surface area contributed by atoms with E-state index in [0.29, 0.717) is 11.9 Å². The predicted molar refractivity (Wildman–Crippen MR) is 120 cm³/mol. The van der Waals surface area contributed by atoms with Crippen LogP contribution in [0.2, 0.25) is 5.15 Å². The Morgan fingerprint density at radius 2 is 2.00 bits per heavy atom. The lowest BCUT2D eigenvalue weighted by atomic mass is 10.1. The van der Waals surface area contributed by atoms with Crippen molar-refractivity contribution in [2.45, 2.75) is 26.6 Å². The SMILES string of the molecule is CCn1cc(-c2cn(COCCCS(C)(C)C)nc2Cl)c2cc(Br)ncc21. The summed E-state index contributed by atoms with van der Waals surface area (Å²) in [5.41, 5.74) is 3.05. The number of ether oxygens (including phenoxy) is 1. The van der Waals surface area contributed by atoms with Crippen LogP contribution in [-0.2, 0) is 18.0 Å². The van der Waals surface area contributed by atoms with E-state index >= 15 is 0 Å². The lowest BCUT2D eigenvalue weighted by Gasteiger charge is -2.24. The molecule has 0 fully saturated rings. The predicted octanol–water partition coefficient (Wildman–Crippen LogP) is 5.39. The number of aromatic nitrogens is 4. The van der Waals surface area contributed by atoms with Crippen molar-refractivity contribution < 1.29 is 4.74 Å². The van der Waals surface area contributed by atoms with Crippen LogP contribution in [0.3, 0.4) is 0 Å². The minimum absolute atomic E-state index is 0.414. The van der Waals surface area contributed by atoms with E-state index < -0.39 is 10.0 Å². The molecule has 0 aromatic carbocycles. The van der Waals surface area contributed by atoms with Crippen LogP contribution in [0.5, 0.6) is 0 Å². The maximum Gasteiger partial charge on any atom is 0.159 e. The topological polar surface area (TPSA) is 44.9 Å². The second-order valence-electron chi connectivity index (χ2n) is 7.41. The average molecular weight is 474 g/mol. The number of hydrogen-bond donors (Lipinski definition) is 0. The first kappa shape index (κ1) is 20.7. The zero-order chi connectivity index (χ0) is 19.6. The summed E-state index contributed by atoms with van der Waals surface area (Å²) in [6, 6.07) is 2.02. The third-order valence-electron chi connectivity index (χ3n) is 4.35. The molecule has 0 aliphatic rings. The Bertz CT molecular complexity index is 932. The summed E-state index contributed by atoms with van der Waals surface area (Å²) in [7, 11) is -0.467. The van der Waals surface area contributed by atoms with Gasteiger partial charge in [-0.25, -0.2) is 19.7 Å². The Labute approximate surface area is 175 Å². The molecule has 0 unspecified atom stereocenters. The van der Waals surface area contributed by atoms with Gasteiger partial charge in [0.25, 0.3) is 0 Å². The number of pyridine rings is 1. The summed E-state index contributed by atoms with van der Waals surface area (Å²) in [5.74, 6) is 1.22. The molecule has 0 aliphatic heterocycles. The number of hydrogen-bond acceptors (Lipinski definition) is 3. The maximum absolute atomic E-state index is 6.45. The van der Waals surface area contributed by atoms with Gasteiger partial charge in [0.1, 0.15) is 11.3 Å². The van der Waals surface area contributed by atoms with E-state index in [4.69, 9.17) is 16.3 Å². The second-order valence-corrected chi connectivity index (χ2v) is 13.2. The Morgan fingerprint density at radius 3 is 2.70 bits per heavy atom. The van der Waals surface area contributed by atoms with E-state index in [1.807, 2.05) is 18.5 Å². The van der Waals surface area contributed by atoms with Gasteiger partial charge in [0, 0.05) is 42.1 Å². The van der Waals surface area contributed by atoms with E-state index in [1.165, 1.54) is 5.75 Å². The number of fused-ring (bicyclic) bond motifs is 1. The number of aryl methyl sites for hydroxylation is 1. The van der Waals surface area contributed by atoms with Gasteiger partial charge in [0.05, 0.1) is 11.7 Å². The molecule has 8 heteroatoms. The molecule has 3 heterocycles. The van der Waals surface area contributed by atoms with Crippen LogP contribution in [0.15, 0.2) is 29.3 Å². The van der Waals surface area contributed by atoms with E-state index in [-0.39, 0.29) is 0 Å². The molecule has 0 atom stereocenters. The molecule has 3 aromatic rings. The van der Waals surface area contributed by atoms with E-state index in [2.05, 4.69) is 62.5 Å². The molecule has 3 aromatic heterocycles. The second kappa shape index (κ2) is 8.55. The van der Waals surface area contributed by atoms with Gasteiger partial charge in [-0.1, -0.05) is 11.6 Å². The van der Waals surface area contributed by atoms with Crippen LogP contribution in [0, 0.1) is 0 Å². The number of nitrogens with zero attached hydrogens (tertiary/aromatic N) is 4. The average Bonchev–Trinajstić information content (AvgIpc) is 3.13. The van der Waals surface area contributed by atoms with Crippen LogP contribution in [0.25, 0.3) is 22.0 Å². The maximum atomic E-state index is 6.45. The highest BCUT2D eigenvalue weighted by Gasteiger charge is 2.16. The van der Waals surface area contributed by atoms with Crippen LogP contribution in [-0.4, -0.2) is 50.5 Å². The molecule has 3 rings (SSSR count). The highest BCUT2D eigenvalue weighted by atomic mass is 79.9.